The Kier molecular flexibility index (Phi) is 5.07. The highest BCUT2D eigenvalue weighted by atomic mass is 35.5. The fourth-order valence-electron chi connectivity index (χ4n) is 2.60. The lowest BCUT2D eigenvalue weighted by Gasteiger charge is -2.28. The maximum absolute atomic E-state index is 13.5. The van der Waals surface area contributed by atoms with Crippen molar-refractivity contribution in [3.05, 3.63) is 65.5 Å². The van der Waals surface area contributed by atoms with Gasteiger partial charge >= 0.3 is 6.18 Å². The summed E-state index contributed by atoms with van der Waals surface area (Å²) in [6, 6.07) is 7.35. The van der Waals surface area contributed by atoms with Crippen LogP contribution in [-0.2, 0) is 18.3 Å². The maximum atomic E-state index is 13.5. The molecule has 1 atom stereocenters. The lowest BCUT2D eigenvalue weighted by Crippen LogP contribution is -2.32. The van der Waals surface area contributed by atoms with Gasteiger partial charge in [-0.1, -0.05) is 11.6 Å². The minimum atomic E-state index is -4.79. The number of hydrogen-bond donors (Lipinski definition) is 1. The molecule has 0 saturated heterocycles. The van der Waals surface area contributed by atoms with E-state index in [1.165, 1.54) is 54.6 Å². The summed E-state index contributed by atoms with van der Waals surface area (Å²) in [6.07, 6.45) is -1.31. The summed E-state index contributed by atoms with van der Waals surface area (Å²) in [5.74, 6) is 0.0845. The van der Waals surface area contributed by atoms with E-state index in [9.17, 15) is 18.3 Å². The van der Waals surface area contributed by atoms with Gasteiger partial charge in [0.1, 0.15) is 29.8 Å². The van der Waals surface area contributed by atoms with Crippen molar-refractivity contribution in [1.29, 1.82) is 0 Å². The average molecular weight is 399 g/mol. The molecule has 1 unspecified atom stereocenters. The first-order valence-electron chi connectivity index (χ1n) is 7.72. The summed E-state index contributed by atoms with van der Waals surface area (Å²) in [6.45, 7) is 0.953. The molecule has 3 aromatic rings. The first-order chi connectivity index (χ1) is 12.7. The van der Waals surface area contributed by atoms with Crippen molar-refractivity contribution < 1.29 is 23.0 Å². The highest BCUT2D eigenvalue weighted by Gasteiger charge is 2.43. The van der Waals surface area contributed by atoms with Crippen LogP contribution in [0.3, 0.4) is 0 Å². The first-order valence-corrected chi connectivity index (χ1v) is 8.09. The lowest BCUT2D eigenvalue weighted by molar-refractivity contribution is -0.144. The molecule has 0 aliphatic carbocycles. The number of aliphatic hydroxyl groups is 1. The second-order valence-corrected chi connectivity index (χ2v) is 6.39. The van der Waals surface area contributed by atoms with Gasteiger partial charge in [-0.3, -0.25) is 4.98 Å². The van der Waals surface area contributed by atoms with Crippen LogP contribution in [0, 0.1) is 0 Å². The molecule has 0 saturated carbocycles. The molecule has 0 amide bonds. The van der Waals surface area contributed by atoms with Gasteiger partial charge in [0.2, 0.25) is 0 Å². The van der Waals surface area contributed by atoms with Crippen molar-refractivity contribution in [3.8, 4) is 11.5 Å². The fraction of sp³-hybridized carbons (Fsp3) is 0.235. The summed E-state index contributed by atoms with van der Waals surface area (Å²) >= 11 is 5.81. The lowest BCUT2D eigenvalue weighted by atomic mass is 9.93. The third kappa shape index (κ3) is 4.37. The Morgan fingerprint density at radius 3 is 2.48 bits per heavy atom. The SMILES string of the molecule is CC(O)(Cn1cncn1)c1c(Oc2ccc(Cl)cc2)ccnc1C(F)(F)F. The maximum Gasteiger partial charge on any atom is 0.433 e. The number of hydrogen-bond acceptors (Lipinski definition) is 5. The minimum Gasteiger partial charge on any atom is -0.457 e. The van der Waals surface area contributed by atoms with Crippen LogP contribution in [0.5, 0.6) is 11.5 Å². The summed E-state index contributed by atoms with van der Waals surface area (Å²) in [5, 5.41) is 15.2. The highest BCUT2D eigenvalue weighted by molar-refractivity contribution is 6.30. The number of alkyl halides is 3. The molecule has 0 fully saturated rings. The number of pyridine rings is 1. The van der Waals surface area contributed by atoms with Crippen LogP contribution in [0.15, 0.2) is 49.2 Å². The van der Waals surface area contributed by atoms with Gasteiger partial charge in [0.15, 0.2) is 5.69 Å². The van der Waals surface area contributed by atoms with Gasteiger partial charge in [0.25, 0.3) is 0 Å². The second kappa shape index (κ2) is 7.16. The van der Waals surface area contributed by atoms with Crippen molar-refractivity contribution in [3.63, 3.8) is 0 Å². The smallest absolute Gasteiger partial charge is 0.433 e. The summed E-state index contributed by atoms with van der Waals surface area (Å²) in [7, 11) is 0. The van der Waals surface area contributed by atoms with E-state index in [-0.39, 0.29) is 18.0 Å². The second-order valence-electron chi connectivity index (χ2n) is 5.95. The molecular weight excluding hydrogens is 385 g/mol. The quantitative estimate of drug-likeness (QED) is 0.702. The molecule has 0 spiro atoms. The summed E-state index contributed by atoms with van der Waals surface area (Å²) in [4.78, 5) is 7.16. The molecule has 142 valence electrons. The third-order valence-corrected chi connectivity index (χ3v) is 3.95. The van der Waals surface area contributed by atoms with E-state index in [1.807, 2.05) is 0 Å². The third-order valence-electron chi connectivity index (χ3n) is 3.70. The molecule has 1 N–H and O–H groups in total. The molecule has 0 bridgehead atoms. The Balaban J connectivity index is 2.09. The van der Waals surface area contributed by atoms with Crippen LogP contribution >= 0.6 is 11.6 Å². The number of aromatic nitrogens is 4. The van der Waals surface area contributed by atoms with E-state index >= 15 is 0 Å². The van der Waals surface area contributed by atoms with E-state index in [2.05, 4.69) is 15.1 Å². The fourth-order valence-corrected chi connectivity index (χ4v) is 2.73. The summed E-state index contributed by atoms with van der Waals surface area (Å²) < 4.78 is 47.5. The largest absolute Gasteiger partial charge is 0.457 e. The van der Waals surface area contributed by atoms with Crippen molar-refractivity contribution in [1.82, 2.24) is 19.7 Å². The molecular formula is C17H14ClF3N4O2. The molecule has 6 nitrogen and oxygen atoms in total. The van der Waals surface area contributed by atoms with E-state index < -0.39 is 23.0 Å². The Hall–Kier alpha value is -2.65. The van der Waals surface area contributed by atoms with Gasteiger partial charge in [-0.05, 0) is 37.3 Å². The molecule has 0 aliphatic rings. The number of ether oxygens (including phenoxy) is 1. The number of halogens is 4. The Labute approximate surface area is 157 Å². The van der Waals surface area contributed by atoms with Crippen molar-refractivity contribution in [2.24, 2.45) is 0 Å². The highest BCUT2D eigenvalue weighted by Crippen LogP contribution is 2.42. The van der Waals surface area contributed by atoms with Gasteiger partial charge in [-0.15, -0.1) is 0 Å². The molecule has 27 heavy (non-hydrogen) atoms. The van der Waals surface area contributed by atoms with E-state index in [0.29, 0.717) is 5.02 Å². The normalized spacial score (nSPS) is 14.0. The van der Waals surface area contributed by atoms with Gasteiger partial charge in [-0.25, -0.2) is 9.67 Å². The van der Waals surface area contributed by atoms with Crippen LogP contribution in [0.4, 0.5) is 13.2 Å². The standard InChI is InChI=1S/C17H14ClF3N4O2/c1-16(26,8-25-10-22-9-24-25)14-13(6-7-23-15(14)17(19,20)21)27-12-4-2-11(18)3-5-12/h2-7,9-10,26H,8H2,1H3. The molecule has 2 heterocycles. The molecule has 1 aromatic carbocycles. The zero-order chi connectivity index (χ0) is 19.7. The van der Waals surface area contributed by atoms with E-state index in [4.69, 9.17) is 16.3 Å². The van der Waals surface area contributed by atoms with E-state index in [1.54, 1.807) is 0 Å². The summed E-state index contributed by atoms with van der Waals surface area (Å²) in [5.41, 5.74) is -3.73. The molecule has 0 aliphatic heterocycles. The predicted octanol–water partition coefficient (Wildman–Crippen LogP) is 4.05. The number of rotatable bonds is 5. The molecule has 0 radical (unpaired) electrons. The average Bonchev–Trinajstić information content (AvgIpc) is 3.08. The topological polar surface area (TPSA) is 73.1 Å². The number of nitrogens with zero attached hydrogens (tertiary/aromatic N) is 4. The van der Waals surface area contributed by atoms with E-state index in [0.717, 1.165) is 6.20 Å². The van der Waals surface area contributed by atoms with Crippen LogP contribution in [0.2, 0.25) is 5.02 Å². The van der Waals surface area contributed by atoms with Gasteiger partial charge in [-0.2, -0.15) is 18.3 Å². The zero-order valence-corrected chi connectivity index (χ0v) is 14.7. The van der Waals surface area contributed by atoms with Gasteiger partial charge in [0.05, 0.1) is 12.1 Å². The van der Waals surface area contributed by atoms with Gasteiger partial charge in [0, 0.05) is 11.2 Å². The van der Waals surface area contributed by atoms with Crippen LogP contribution in [0.25, 0.3) is 0 Å². The molecule has 2 aromatic heterocycles. The minimum absolute atomic E-state index is 0.176. The predicted molar refractivity (Wildman–Crippen MR) is 90.4 cm³/mol. The monoisotopic (exact) mass is 398 g/mol. The van der Waals surface area contributed by atoms with Crippen molar-refractivity contribution in [2.45, 2.75) is 25.2 Å². The van der Waals surface area contributed by atoms with Crippen LogP contribution in [-0.4, -0.2) is 24.9 Å². The Bertz CT molecular complexity index is 913. The van der Waals surface area contributed by atoms with Gasteiger partial charge < -0.3 is 9.84 Å². The number of benzene rings is 1. The zero-order valence-electron chi connectivity index (χ0n) is 14.0. The Morgan fingerprint density at radius 1 is 1.19 bits per heavy atom. The van der Waals surface area contributed by atoms with Crippen molar-refractivity contribution >= 4 is 11.6 Å². The first kappa shape index (κ1) is 19.1. The molecule has 10 heteroatoms. The Morgan fingerprint density at radius 2 is 1.89 bits per heavy atom. The van der Waals surface area contributed by atoms with Crippen LogP contribution in [0.1, 0.15) is 18.2 Å². The molecule has 3 rings (SSSR count). The van der Waals surface area contributed by atoms with Crippen LogP contribution < -0.4 is 4.74 Å². The van der Waals surface area contributed by atoms with Crippen molar-refractivity contribution in [2.75, 3.05) is 0 Å².